The van der Waals surface area contributed by atoms with Gasteiger partial charge in [0.15, 0.2) is 0 Å². The summed E-state index contributed by atoms with van der Waals surface area (Å²) in [5, 5.41) is 7.57. The second-order valence-corrected chi connectivity index (χ2v) is 12.9. The molecule has 2 aliphatic heterocycles. The maximum Gasteiger partial charge on any atom is 0.438 e. The van der Waals surface area contributed by atoms with Crippen molar-refractivity contribution in [3.8, 4) is 0 Å². The van der Waals surface area contributed by atoms with E-state index < -0.39 is 29.5 Å². The number of alkyl carbamates (subject to hydrolysis) is 1. The van der Waals surface area contributed by atoms with E-state index in [-0.39, 0.29) is 19.1 Å². The second-order valence-electron chi connectivity index (χ2n) is 11.8. The van der Waals surface area contributed by atoms with E-state index in [4.69, 9.17) is 9.57 Å². The van der Waals surface area contributed by atoms with Gasteiger partial charge in [0.1, 0.15) is 5.60 Å². The predicted octanol–water partition coefficient (Wildman–Crippen LogP) is 7.51. The van der Waals surface area contributed by atoms with Crippen LogP contribution in [0.1, 0.15) is 64.0 Å². The van der Waals surface area contributed by atoms with Crippen LogP contribution in [0.2, 0.25) is 0 Å². The predicted molar refractivity (Wildman–Crippen MR) is 159 cm³/mol. The molecule has 3 aliphatic rings. The van der Waals surface area contributed by atoms with Crippen molar-refractivity contribution in [1.82, 2.24) is 15.7 Å². The number of allylic oxidation sites excluding steroid dienone is 2. The highest BCUT2D eigenvalue weighted by Crippen LogP contribution is 2.51. The quantitative estimate of drug-likeness (QED) is 0.324. The number of rotatable bonds is 6. The molecule has 0 saturated carbocycles. The molecule has 1 fully saturated rings. The van der Waals surface area contributed by atoms with Crippen molar-refractivity contribution in [3.05, 3.63) is 53.6 Å². The van der Waals surface area contributed by atoms with Crippen molar-refractivity contribution in [2.45, 2.75) is 80.5 Å². The molecule has 0 atom stereocenters. The van der Waals surface area contributed by atoms with Crippen LogP contribution in [0.4, 0.5) is 34.1 Å². The van der Waals surface area contributed by atoms with Crippen molar-refractivity contribution in [2.24, 2.45) is 0 Å². The first kappa shape index (κ1) is 31.2. The summed E-state index contributed by atoms with van der Waals surface area (Å²) >= 11 is 1.22. The van der Waals surface area contributed by atoms with Crippen LogP contribution in [0.15, 0.2) is 52.3 Å². The van der Waals surface area contributed by atoms with Gasteiger partial charge < -0.3 is 20.2 Å². The SMILES string of the molecule is CC(C)(C)OC(=O)NCCN(OC(=O)N1c2ccc(C3=CCCC3)cc2Sc2cc(C(F)(F)F)ccc21)C1CCNCC1. The molecule has 1 saturated heterocycles. The number of carbonyl (C=O) groups excluding carboxylic acids is 2. The molecule has 2 aromatic rings. The Labute approximate surface area is 253 Å². The van der Waals surface area contributed by atoms with Gasteiger partial charge in [0.2, 0.25) is 0 Å². The van der Waals surface area contributed by atoms with Crippen LogP contribution in [-0.2, 0) is 15.8 Å². The van der Waals surface area contributed by atoms with Crippen LogP contribution in [0.3, 0.4) is 0 Å². The number of fused-ring (bicyclic) bond motifs is 2. The van der Waals surface area contributed by atoms with Gasteiger partial charge in [0, 0.05) is 22.4 Å². The van der Waals surface area contributed by atoms with Crippen LogP contribution in [0.5, 0.6) is 0 Å². The third kappa shape index (κ3) is 7.66. The summed E-state index contributed by atoms with van der Waals surface area (Å²) in [6.07, 6.45) is 0.777. The van der Waals surface area contributed by atoms with Crippen molar-refractivity contribution in [3.63, 3.8) is 0 Å². The zero-order chi connectivity index (χ0) is 30.8. The van der Waals surface area contributed by atoms with E-state index in [0.717, 1.165) is 62.9 Å². The molecule has 232 valence electrons. The van der Waals surface area contributed by atoms with Gasteiger partial charge in [-0.3, -0.25) is 0 Å². The van der Waals surface area contributed by atoms with Gasteiger partial charge in [0.25, 0.3) is 0 Å². The summed E-state index contributed by atoms with van der Waals surface area (Å²) in [6, 6.07) is 9.00. The van der Waals surface area contributed by atoms with E-state index >= 15 is 0 Å². The number of nitrogens with one attached hydrogen (secondary N) is 2. The molecule has 2 aromatic carbocycles. The number of hydroxylamine groups is 2. The van der Waals surface area contributed by atoms with Gasteiger partial charge in [-0.15, -0.1) is 5.06 Å². The second kappa shape index (κ2) is 12.8. The fourth-order valence-electron chi connectivity index (χ4n) is 5.44. The molecule has 0 bridgehead atoms. The summed E-state index contributed by atoms with van der Waals surface area (Å²) in [7, 11) is 0. The minimum atomic E-state index is -4.52. The van der Waals surface area contributed by atoms with Gasteiger partial charge >= 0.3 is 18.4 Å². The number of nitrogens with zero attached hydrogens (tertiary/aromatic N) is 2. The third-order valence-electron chi connectivity index (χ3n) is 7.45. The number of carbonyl (C=O) groups is 2. The Morgan fingerprint density at radius 3 is 2.42 bits per heavy atom. The summed E-state index contributed by atoms with van der Waals surface area (Å²) in [5.41, 5.74) is 1.62. The van der Waals surface area contributed by atoms with Crippen molar-refractivity contribution >= 4 is 40.9 Å². The first-order chi connectivity index (χ1) is 20.4. The Bertz CT molecular complexity index is 1390. The Balaban J connectivity index is 1.43. The Kier molecular flexibility index (Phi) is 9.29. The highest BCUT2D eigenvalue weighted by atomic mass is 32.2. The molecular formula is C31H37F3N4O4S. The minimum absolute atomic E-state index is 0.104. The molecule has 2 heterocycles. The van der Waals surface area contributed by atoms with E-state index in [1.165, 1.54) is 28.3 Å². The van der Waals surface area contributed by atoms with E-state index in [9.17, 15) is 22.8 Å². The normalized spacial score (nSPS) is 17.3. The monoisotopic (exact) mass is 618 g/mol. The largest absolute Gasteiger partial charge is 0.444 e. The average molecular weight is 619 g/mol. The Morgan fingerprint density at radius 2 is 1.77 bits per heavy atom. The third-order valence-corrected chi connectivity index (χ3v) is 8.55. The number of hydrogen-bond donors (Lipinski definition) is 2. The van der Waals surface area contributed by atoms with E-state index in [0.29, 0.717) is 21.2 Å². The Morgan fingerprint density at radius 1 is 1.07 bits per heavy atom. The molecule has 0 radical (unpaired) electrons. The molecule has 0 unspecified atom stereocenters. The fourth-order valence-corrected chi connectivity index (χ4v) is 6.57. The molecule has 1 aliphatic carbocycles. The first-order valence-electron chi connectivity index (χ1n) is 14.6. The van der Waals surface area contributed by atoms with Gasteiger partial charge in [-0.25, -0.2) is 14.5 Å². The smallest absolute Gasteiger partial charge is 0.438 e. The van der Waals surface area contributed by atoms with Crippen LogP contribution < -0.4 is 15.5 Å². The molecule has 43 heavy (non-hydrogen) atoms. The van der Waals surface area contributed by atoms with Gasteiger partial charge in [-0.1, -0.05) is 23.9 Å². The number of anilines is 2. The number of benzene rings is 2. The maximum absolute atomic E-state index is 14.0. The average Bonchev–Trinajstić information content (AvgIpc) is 3.49. The van der Waals surface area contributed by atoms with E-state index in [1.807, 2.05) is 18.2 Å². The molecule has 2 amide bonds. The molecule has 5 rings (SSSR count). The number of hydrogen-bond acceptors (Lipinski definition) is 7. The standard InChI is InChI=1S/C31H37F3N4O4S/c1-30(2,3)41-28(39)36-16-17-37(23-12-14-35-15-13-23)42-29(40)38-24-10-8-21(20-6-4-5-7-20)18-26(24)43-27-19-22(31(32,33)34)9-11-25(27)38/h6,8-11,18-19,23,35H,4-5,7,12-17H2,1-3H3,(H,36,39). The fraction of sp³-hybridized carbons (Fsp3) is 0.484. The van der Waals surface area contributed by atoms with Crippen molar-refractivity contribution < 1.29 is 32.3 Å². The van der Waals surface area contributed by atoms with E-state index in [1.54, 1.807) is 25.8 Å². The first-order valence-corrected chi connectivity index (χ1v) is 15.4. The lowest BCUT2D eigenvalue weighted by atomic mass is 10.0. The molecule has 12 heteroatoms. The van der Waals surface area contributed by atoms with Crippen LogP contribution >= 0.6 is 11.8 Å². The van der Waals surface area contributed by atoms with Gasteiger partial charge in [0.05, 0.1) is 23.5 Å². The number of alkyl halides is 3. The van der Waals surface area contributed by atoms with Crippen molar-refractivity contribution in [1.29, 1.82) is 0 Å². The van der Waals surface area contributed by atoms with E-state index in [2.05, 4.69) is 16.7 Å². The zero-order valence-corrected chi connectivity index (χ0v) is 25.4. The molecular weight excluding hydrogens is 581 g/mol. The molecule has 0 aromatic heterocycles. The lowest BCUT2D eigenvalue weighted by molar-refractivity contribution is -0.137. The maximum atomic E-state index is 14.0. The molecule has 2 N–H and O–H groups in total. The number of halogens is 3. The highest BCUT2D eigenvalue weighted by molar-refractivity contribution is 7.99. The lowest BCUT2D eigenvalue weighted by Crippen LogP contribution is -2.48. The summed E-state index contributed by atoms with van der Waals surface area (Å²) in [6.45, 7) is 7.17. The minimum Gasteiger partial charge on any atom is -0.444 e. The van der Waals surface area contributed by atoms with Crippen LogP contribution in [0.25, 0.3) is 5.57 Å². The number of piperidine rings is 1. The molecule has 0 spiro atoms. The number of amides is 2. The Hall–Kier alpha value is -3.22. The summed E-state index contributed by atoms with van der Waals surface area (Å²) in [5.74, 6) is 0. The summed E-state index contributed by atoms with van der Waals surface area (Å²) in [4.78, 5) is 34.5. The van der Waals surface area contributed by atoms with Crippen LogP contribution in [-0.4, -0.2) is 55.1 Å². The van der Waals surface area contributed by atoms with Crippen LogP contribution in [0, 0.1) is 0 Å². The zero-order valence-electron chi connectivity index (χ0n) is 24.6. The lowest BCUT2D eigenvalue weighted by Gasteiger charge is -2.36. The topological polar surface area (TPSA) is 83.1 Å². The van der Waals surface area contributed by atoms with Gasteiger partial charge in [-0.05, 0) is 107 Å². The molecule has 8 nitrogen and oxygen atoms in total. The summed E-state index contributed by atoms with van der Waals surface area (Å²) < 4.78 is 46.3. The van der Waals surface area contributed by atoms with Crippen molar-refractivity contribution in [2.75, 3.05) is 31.1 Å². The highest BCUT2D eigenvalue weighted by Gasteiger charge is 2.36. The number of ether oxygens (including phenoxy) is 1. The van der Waals surface area contributed by atoms with Gasteiger partial charge in [-0.2, -0.15) is 13.2 Å².